The van der Waals surface area contributed by atoms with Crippen molar-refractivity contribution in [3.05, 3.63) is 95.1 Å². The molecule has 0 saturated heterocycles. The second-order valence-corrected chi connectivity index (χ2v) is 6.65. The summed E-state index contributed by atoms with van der Waals surface area (Å²) in [7, 11) is 1.68. The highest BCUT2D eigenvalue weighted by molar-refractivity contribution is 6.31. The lowest BCUT2D eigenvalue weighted by Crippen LogP contribution is -1.95. The molecule has 1 aromatic heterocycles. The number of fused-ring (bicyclic) bond motifs is 1. The highest BCUT2D eigenvalue weighted by Gasteiger charge is 2.09. The summed E-state index contributed by atoms with van der Waals surface area (Å²) in [5.41, 5.74) is 5.51. The Morgan fingerprint density at radius 1 is 0.885 bits per heavy atom. The monoisotopic (exact) mass is 359 g/mol. The van der Waals surface area contributed by atoms with Gasteiger partial charge in [-0.1, -0.05) is 54.1 Å². The van der Waals surface area contributed by atoms with Crippen LogP contribution >= 0.6 is 11.6 Å². The molecule has 0 atom stereocenters. The summed E-state index contributed by atoms with van der Waals surface area (Å²) in [5.74, 6) is 0.861. The van der Waals surface area contributed by atoms with E-state index in [1.165, 1.54) is 5.56 Å². The van der Waals surface area contributed by atoms with Crippen LogP contribution in [0.5, 0.6) is 5.75 Å². The summed E-state index contributed by atoms with van der Waals surface area (Å²) in [5, 5.41) is 1.79. The first kappa shape index (κ1) is 16.6. The van der Waals surface area contributed by atoms with Crippen LogP contribution in [0, 0.1) is 0 Å². The molecule has 0 saturated carbocycles. The molecule has 128 valence electrons. The van der Waals surface area contributed by atoms with Crippen molar-refractivity contribution < 1.29 is 4.74 Å². The van der Waals surface area contributed by atoms with Gasteiger partial charge in [0.2, 0.25) is 0 Å². The molecule has 2 nitrogen and oxygen atoms in total. The Labute approximate surface area is 158 Å². The smallest absolute Gasteiger partial charge is 0.118 e. The van der Waals surface area contributed by atoms with E-state index in [9.17, 15) is 0 Å². The fourth-order valence-electron chi connectivity index (χ4n) is 3.15. The van der Waals surface area contributed by atoms with Gasteiger partial charge in [0.25, 0.3) is 0 Å². The SMILES string of the molecule is COc1ccc(Cc2cc(-c3ccccc3)c3cc(Cl)ccc3n2)cc1. The van der Waals surface area contributed by atoms with Crippen LogP contribution in [0.3, 0.4) is 0 Å². The van der Waals surface area contributed by atoms with Crippen LogP contribution in [-0.4, -0.2) is 12.1 Å². The van der Waals surface area contributed by atoms with Crippen LogP contribution < -0.4 is 4.74 Å². The van der Waals surface area contributed by atoms with Crippen LogP contribution in [0.4, 0.5) is 0 Å². The van der Waals surface area contributed by atoms with Crippen molar-refractivity contribution >= 4 is 22.5 Å². The minimum absolute atomic E-state index is 0.722. The van der Waals surface area contributed by atoms with Crippen molar-refractivity contribution in [2.75, 3.05) is 7.11 Å². The average Bonchev–Trinajstić information content (AvgIpc) is 2.69. The number of aromatic nitrogens is 1. The Morgan fingerprint density at radius 3 is 2.38 bits per heavy atom. The van der Waals surface area contributed by atoms with Crippen LogP contribution in [0.2, 0.25) is 5.02 Å². The van der Waals surface area contributed by atoms with Gasteiger partial charge in [-0.05, 0) is 53.1 Å². The standard InChI is InChI=1S/C23H18ClNO/c1-26-20-10-7-16(8-11-20)13-19-15-21(17-5-3-2-4-6-17)22-14-18(24)9-12-23(22)25-19/h2-12,14-15H,13H2,1H3. The fraction of sp³-hybridized carbons (Fsp3) is 0.0870. The van der Waals surface area contributed by atoms with Crippen molar-refractivity contribution in [1.29, 1.82) is 0 Å². The minimum Gasteiger partial charge on any atom is -0.497 e. The van der Waals surface area contributed by atoms with Crippen molar-refractivity contribution in [2.24, 2.45) is 0 Å². The number of hydrogen-bond acceptors (Lipinski definition) is 2. The molecule has 4 rings (SSSR count). The molecule has 0 spiro atoms. The lowest BCUT2D eigenvalue weighted by atomic mass is 9.98. The molecule has 0 amide bonds. The summed E-state index contributed by atoms with van der Waals surface area (Å²) in [6.07, 6.45) is 0.766. The van der Waals surface area contributed by atoms with E-state index >= 15 is 0 Å². The number of ether oxygens (including phenoxy) is 1. The largest absolute Gasteiger partial charge is 0.497 e. The number of rotatable bonds is 4. The third kappa shape index (κ3) is 3.42. The second-order valence-electron chi connectivity index (χ2n) is 6.21. The molecular weight excluding hydrogens is 342 g/mol. The summed E-state index contributed by atoms with van der Waals surface area (Å²) < 4.78 is 5.24. The zero-order chi connectivity index (χ0) is 17.9. The Hall–Kier alpha value is -2.84. The van der Waals surface area contributed by atoms with Crippen molar-refractivity contribution in [2.45, 2.75) is 6.42 Å². The van der Waals surface area contributed by atoms with Gasteiger partial charge < -0.3 is 4.74 Å². The van der Waals surface area contributed by atoms with Gasteiger partial charge in [0, 0.05) is 22.5 Å². The van der Waals surface area contributed by atoms with E-state index in [0.717, 1.165) is 44.9 Å². The Kier molecular flexibility index (Phi) is 4.59. The quantitative estimate of drug-likeness (QED) is 0.435. The summed E-state index contributed by atoms with van der Waals surface area (Å²) in [6, 6.07) is 26.5. The van der Waals surface area contributed by atoms with Crippen LogP contribution in [0.25, 0.3) is 22.0 Å². The van der Waals surface area contributed by atoms with E-state index in [1.54, 1.807) is 7.11 Å². The molecule has 0 aliphatic rings. The first-order valence-electron chi connectivity index (χ1n) is 8.50. The van der Waals surface area contributed by atoms with E-state index in [1.807, 2.05) is 36.4 Å². The Balaban J connectivity index is 1.81. The average molecular weight is 360 g/mol. The van der Waals surface area contributed by atoms with Gasteiger partial charge in [0.05, 0.1) is 12.6 Å². The van der Waals surface area contributed by atoms with Gasteiger partial charge >= 0.3 is 0 Å². The third-order valence-corrected chi connectivity index (χ3v) is 4.69. The summed E-state index contributed by atoms with van der Waals surface area (Å²) >= 11 is 6.24. The molecule has 3 heteroatoms. The van der Waals surface area contributed by atoms with Gasteiger partial charge in [0.15, 0.2) is 0 Å². The zero-order valence-corrected chi connectivity index (χ0v) is 15.2. The molecule has 4 aromatic rings. The second kappa shape index (κ2) is 7.19. The van der Waals surface area contributed by atoms with E-state index in [0.29, 0.717) is 0 Å². The number of methoxy groups -OCH3 is 1. The summed E-state index contributed by atoms with van der Waals surface area (Å²) in [6.45, 7) is 0. The van der Waals surface area contributed by atoms with E-state index < -0.39 is 0 Å². The highest BCUT2D eigenvalue weighted by atomic mass is 35.5. The van der Waals surface area contributed by atoms with Crippen LogP contribution in [0.1, 0.15) is 11.3 Å². The molecule has 0 N–H and O–H groups in total. The lowest BCUT2D eigenvalue weighted by molar-refractivity contribution is 0.414. The molecule has 3 aromatic carbocycles. The van der Waals surface area contributed by atoms with Crippen molar-refractivity contribution in [3.63, 3.8) is 0 Å². The van der Waals surface area contributed by atoms with Gasteiger partial charge in [-0.3, -0.25) is 4.98 Å². The molecule has 0 unspecified atom stereocenters. The third-order valence-electron chi connectivity index (χ3n) is 4.45. The molecule has 0 bridgehead atoms. The molecule has 1 heterocycles. The maximum absolute atomic E-state index is 6.24. The fourth-order valence-corrected chi connectivity index (χ4v) is 3.32. The number of halogens is 1. The Bertz CT molecular complexity index is 1040. The Morgan fingerprint density at radius 2 is 1.65 bits per heavy atom. The maximum Gasteiger partial charge on any atom is 0.118 e. The van der Waals surface area contributed by atoms with Crippen LogP contribution in [-0.2, 0) is 6.42 Å². The first-order valence-corrected chi connectivity index (χ1v) is 8.88. The topological polar surface area (TPSA) is 22.1 Å². The van der Waals surface area contributed by atoms with Gasteiger partial charge in [-0.2, -0.15) is 0 Å². The summed E-state index contributed by atoms with van der Waals surface area (Å²) in [4.78, 5) is 4.85. The predicted octanol–water partition coefficient (Wildman–Crippen LogP) is 6.15. The van der Waals surface area contributed by atoms with E-state index in [-0.39, 0.29) is 0 Å². The predicted molar refractivity (Wildman–Crippen MR) is 108 cm³/mol. The van der Waals surface area contributed by atoms with Crippen molar-refractivity contribution in [1.82, 2.24) is 4.98 Å². The number of pyridine rings is 1. The van der Waals surface area contributed by atoms with Gasteiger partial charge in [-0.15, -0.1) is 0 Å². The van der Waals surface area contributed by atoms with Crippen LogP contribution in [0.15, 0.2) is 78.9 Å². The minimum atomic E-state index is 0.722. The van der Waals surface area contributed by atoms with Gasteiger partial charge in [0.1, 0.15) is 5.75 Å². The van der Waals surface area contributed by atoms with E-state index in [4.69, 9.17) is 21.3 Å². The lowest BCUT2D eigenvalue weighted by Gasteiger charge is -2.11. The normalized spacial score (nSPS) is 10.8. The van der Waals surface area contributed by atoms with Crippen molar-refractivity contribution in [3.8, 4) is 16.9 Å². The molecule has 0 aliphatic heterocycles. The molecular formula is C23H18ClNO. The first-order chi connectivity index (χ1) is 12.7. The number of nitrogens with zero attached hydrogens (tertiary/aromatic N) is 1. The highest BCUT2D eigenvalue weighted by Crippen LogP contribution is 2.31. The molecule has 0 aliphatic carbocycles. The number of hydrogen-bond donors (Lipinski definition) is 0. The number of benzene rings is 3. The van der Waals surface area contributed by atoms with E-state index in [2.05, 4.69) is 42.5 Å². The van der Waals surface area contributed by atoms with Gasteiger partial charge in [-0.25, -0.2) is 0 Å². The zero-order valence-electron chi connectivity index (χ0n) is 14.4. The molecule has 0 fully saturated rings. The molecule has 26 heavy (non-hydrogen) atoms. The molecule has 0 radical (unpaired) electrons. The maximum atomic E-state index is 6.24.